The SMILES string of the molecule is N#CCCN(C1CC1)S(=O)(=O)c1c[nH]c2ccc(N)cc12. The van der Waals surface area contributed by atoms with Gasteiger partial charge < -0.3 is 10.7 Å². The van der Waals surface area contributed by atoms with Crippen molar-refractivity contribution in [2.24, 2.45) is 0 Å². The first kappa shape index (κ1) is 13.9. The average Bonchev–Trinajstić information content (AvgIpc) is 3.17. The van der Waals surface area contributed by atoms with Crippen LogP contribution in [0.5, 0.6) is 0 Å². The Labute approximate surface area is 123 Å². The number of fused-ring (bicyclic) bond motifs is 1. The summed E-state index contributed by atoms with van der Waals surface area (Å²) in [6.07, 6.45) is 3.41. The van der Waals surface area contributed by atoms with E-state index in [1.807, 2.05) is 6.07 Å². The lowest BCUT2D eigenvalue weighted by molar-refractivity contribution is 0.411. The van der Waals surface area contributed by atoms with Crippen LogP contribution in [-0.4, -0.2) is 30.3 Å². The smallest absolute Gasteiger partial charge is 0.245 e. The molecule has 1 aliphatic carbocycles. The Kier molecular flexibility index (Phi) is 3.35. The van der Waals surface area contributed by atoms with Crippen molar-refractivity contribution < 1.29 is 8.42 Å². The number of aromatic nitrogens is 1. The van der Waals surface area contributed by atoms with E-state index in [0.717, 1.165) is 18.4 Å². The molecule has 110 valence electrons. The van der Waals surface area contributed by atoms with E-state index in [-0.39, 0.29) is 23.9 Å². The van der Waals surface area contributed by atoms with Gasteiger partial charge in [0.05, 0.1) is 6.07 Å². The Bertz CT molecular complexity index is 815. The second-order valence-electron chi connectivity index (χ2n) is 5.21. The summed E-state index contributed by atoms with van der Waals surface area (Å²) >= 11 is 0. The molecule has 1 heterocycles. The molecule has 1 fully saturated rings. The average molecular weight is 304 g/mol. The molecule has 3 rings (SSSR count). The molecule has 1 aromatic carbocycles. The van der Waals surface area contributed by atoms with Gasteiger partial charge in [-0.25, -0.2) is 8.42 Å². The fourth-order valence-electron chi connectivity index (χ4n) is 2.47. The molecule has 0 amide bonds. The first-order chi connectivity index (χ1) is 10.0. The molecule has 1 aliphatic rings. The fourth-order valence-corrected chi connectivity index (χ4v) is 4.32. The van der Waals surface area contributed by atoms with Gasteiger partial charge in [-0.1, -0.05) is 0 Å². The van der Waals surface area contributed by atoms with Crippen molar-refractivity contribution in [3.05, 3.63) is 24.4 Å². The zero-order valence-corrected chi connectivity index (χ0v) is 12.2. The number of nitrogens with zero attached hydrogens (tertiary/aromatic N) is 2. The first-order valence-corrected chi connectivity index (χ1v) is 8.23. The number of nitrogens with one attached hydrogen (secondary N) is 1. The zero-order valence-electron chi connectivity index (χ0n) is 11.4. The maximum atomic E-state index is 12.9. The monoisotopic (exact) mass is 304 g/mol. The molecule has 2 aromatic rings. The van der Waals surface area contributed by atoms with E-state index >= 15 is 0 Å². The number of aromatic amines is 1. The number of anilines is 1. The van der Waals surface area contributed by atoms with E-state index in [1.54, 1.807) is 18.2 Å². The lowest BCUT2D eigenvalue weighted by atomic mass is 10.2. The van der Waals surface area contributed by atoms with Gasteiger partial charge in [-0.2, -0.15) is 9.57 Å². The zero-order chi connectivity index (χ0) is 15.0. The summed E-state index contributed by atoms with van der Waals surface area (Å²) in [7, 11) is -3.61. The van der Waals surface area contributed by atoms with Crippen molar-refractivity contribution in [1.82, 2.24) is 9.29 Å². The van der Waals surface area contributed by atoms with E-state index in [1.165, 1.54) is 10.5 Å². The summed E-state index contributed by atoms with van der Waals surface area (Å²) in [5.41, 5.74) is 7.02. The Morgan fingerprint density at radius 3 is 2.86 bits per heavy atom. The van der Waals surface area contributed by atoms with Crippen LogP contribution in [0.4, 0.5) is 5.69 Å². The largest absolute Gasteiger partial charge is 0.399 e. The standard InChI is InChI=1S/C14H16N4O2S/c15-6-1-7-18(11-3-4-11)21(19,20)14-9-17-13-5-2-10(16)8-12(13)14/h2,5,8-9,11,17H,1,3-4,7,16H2. The highest BCUT2D eigenvalue weighted by Gasteiger charge is 2.38. The number of sulfonamides is 1. The van der Waals surface area contributed by atoms with Crippen molar-refractivity contribution in [3.8, 4) is 6.07 Å². The third kappa shape index (κ3) is 2.48. The van der Waals surface area contributed by atoms with Crippen molar-refractivity contribution in [2.45, 2.75) is 30.2 Å². The predicted molar refractivity (Wildman–Crippen MR) is 79.9 cm³/mol. The van der Waals surface area contributed by atoms with Gasteiger partial charge in [-0.15, -0.1) is 0 Å². The third-order valence-electron chi connectivity index (χ3n) is 3.65. The second-order valence-corrected chi connectivity index (χ2v) is 7.07. The molecule has 6 nitrogen and oxygen atoms in total. The van der Waals surface area contributed by atoms with Gasteiger partial charge in [0.25, 0.3) is 0 Å². The van der Waals surface area contributed by atoms with Gasteiger partial charge >= 0.3 is 0 Å². The van der Waals surface area contributed by atoms with E-state index in [4.69, 9.17) is 11.0 Å². The minimum Gasteiger partial charge on any atom is -0.399 e. The van der Waals surface area contributed by atoms with E-state index in [2.05, 4.69) is 4.98 Å². The van der Waals surface area contributed by atoms with Gasteiger partial charge in [0.15, 0.2) is 0 Å². The van der Waals surface area contributed by atoms with Crippen LogP contribution in [0.15, 0.2) is 29.3 Å². The number of hydrogen-bond acceptors (Lipinski definition) is 4. The lowest BCUT2D eigenvalue weighted by Crippen LogP contribution is -2.33. The number of rotatable bonds is 5. The summed E-state index contributed by atoms with van der Waals surface area (Å²) < 4.78 is 27.2. The molecule has 21 heavy (non-hydrogen) atoms. The summed E-state index contributed by atoms with van der Waals surface area (Å²) in [6, 6.07) is 7.18. The van der Waals surface area contributed by atoms with Gasteiger partial charge in [0.2, 0.25) is 10.0 Å². The predicted octanol–water partition coefficient (Wildman–Crippen LogP) is 1.82. The van der Waals surface area contributed by atoms with Crippen molar-refractivity contribution >= 4 is 26.6 Å². The van der Waals surface area contributed by atoms with Crippen LogP contribution in [0.2, 0.25) is 0 Å². The molecule has 0 atom stereocenters. The third-order valence-corrected chi connectivity index (χ3v) is 5.64. The quantitative estimate of drug-likeness (QED) is 0.822. The molecular formula is C14H16N4O2S. The van der Waals surface area contributed by atoms with Crippen molar-refractivity contribution in [3.63, 3.8) is 0 Å². The maximum Gasteiger partial charge on any atom is 0.245 e. The number of hydrogen-bond donors (Lipinski definition) is 2. The number of nitriles is 1. The number of H-pyrrole nitrogens is 1. The summed E-state index contributed by atoms with van der Waals surface area (Å²) in [5, 5.41) is 9.32. The summed E-state index contributed by atoms with van der Waals surface area (Å²) in [4.78, 5) is 3.20. The highest BCUT2D eigenvalue weighted by Crippen LogP contribution is 2.34. The lowest BCUT2D eigenvalue weighted by Gasteiger charge is -2.20. The van der Waals surface area contributed by atoms with Crippen molar-refractivity contribution in [2.75, 3.05) is 12.3 Å². The van der Waals surface area contributed by atoms with Crippen LogP contribution in [0.25, 0.3) is 10.9 Å². The molecule has 1 saturated carbocycles. The number of nitrogens with two attached hydrogens (primary N) is 1. The molecule has 0 bridgehead atoms. The van der Waals surface area contributed by atoms with Crippen LogP contribution < -0.4 is 5.73 Å². The highest BCUT2D eigenvalue weighted by atomic mass is 32.2. The van der Waals surface area contributed by atoms with Gasteiger partial charge in [0, 0.05) is 41.8 Å². The summed E-state index contributed by atoms with van der Waals surface area (Å²) in [5.74, 6) is 0. The fraction of sp³-hybridized carbons (Fsp3) is 0.357. The van der Waals surface area contributed by atoms with Crippen LogP contribution in [0.1, 0.15) is 19.3 Å². The normalized spacial score (nSPS) is 15.4. The molecule has 3 N–H and O–H groups in total. The first-order valence-electron chi connectivity index (χ1n) is 6.79. The molecule has 0 aliphatic heterocycles. The minimum atomic E-state index is -3.61. The second kappa shape index (κ2) is 5.06. The molecule has 0 saturated heterocycles. The van der Waals surface area contributed by atoms with E-state index in [0.29, 0.717) is 11.1 Å². The molecule has 0 spiro atoms. The Balaban J connectivity index is 2.06. The minimum absolute atomic E-state index is 0.0226. The molecule has 0 radical (unpaired) electrons. The van der Waals surface area contributed by atoms with Gasteiger partial charge in [0.1, 0.15) is 4.90 Å². The topological polar surface area (TPSA) is 103 Å². The maximum absolute atomic E-state index is 12.9. The van der Waals surface area contributed by atoms with E-state index < -0.39 is 10.0 Å². The molecule has 1 aromatic heterocycles. The number of nitrogen functional groups attached to an aromatic ring is 1. The number of benzene rings is 1. The summed E-state index contributed by atoms with van der Waals surface area (Å²) in [6.45, 7) is 0.235. The molecule has 7 heteroatoms. The van der Waals surface area contributed by atoms with Gasteiger partial charge in [-0.3, -0.25) is 0 Å². The van der Waals surface area contributed by atoms with Crippen molar-refractivity contribution in [1.29, 1.82) is 5.26 Å². The molecule has 0 unspecified atom stereocenters. The highest BCUT2D eigenvalue weighted by molar-refractivity contribution is 7.89. The van der Waals surface area contributed by atoms with Crippen LogP contribution in [0, 0.1) is 11.3 Å². The Morgan fingerprint density at radius 2 is 2.19 bits per heavy atom. The Hall–Kier alpha value is -2.04. The molecular weight excluding hydrogens is 288 g/mol. The van der Waals surface area contributed by atoms with Gasteiger partial charge in [-0.05, 0) is 31.0 Å². The Morgan fingerprint density at radius 1 is 1.43 bits per heavy atom. The van der Waals surface area contributed by atoms with E-state index in [9.17, 15) is 8.42 Å². The van der Waals surface area contributed by atoms with Crippen LogP contribution in [0.3, 0.4) is 0 Å². The van der Waals surface area contributed by atoms with Crippen LogP contribution >= 0.6 is 0 Å². The van der Waals surface area contributed by atoms with Crippen LogP contribution in [-0.2, 0) is 10.0 Å².